The van der Waals surface area contributed by atoms with Crippen LogP contribution in [-0.2, 0) is 0 Å². The Hall–Kier alpha value is -0.770. The molecular weight excluding hydrogens is 230 g/mol. The van der Waals surface area contributed by atoms with Gasteiger partial charge >= 0.3 is 0 Å². The molecule has 1 radical (unpaired) electrons. The summed E-state index contributed by atoms with van der Waals surface area (Å²) in [6.07, 6.45) is 22.2. The molecule has 0 atom stereocenters. The number of allylic oxidation sites excluding steroid dienone is 1. The molecule has 19 heavy (non-hydrogen) atoms. The van der Waals surface area contributed by atoms with E-state index in [1.807, 2.05) is 6.08 Å². The molecule has 109 valence electrons. The van der Waals surface area contributed by atoms with Crippen LogP contribution in [0.4, 0.5) is 0 Å². The van der Waals surface area contributed by atoms with Crippen molar-refractivity contribution in [3.63, 3.8) is 0 Å². The number of rotatable bonds is 15. The Kier molecular flexibility index (Phi) is 16.5. The first-order chi connectivity index (χ1) is 9.41. The Labute approximate surface area is 121 Å². The lowest BCUT2D eigenvalue weighted by Gasteiger charge is -2.02. The van der Waals surface area contributed by atoms with Crippen LogP contribution in [0.15, 0.2) is 12.7 Å². The standard InChI is InChI=1S/C18H32N/c1-2-3-4-5-6-7-8-9-10-11-12-13-14-15-16-17-18-19/h2,4H,1,3,5-17H2. The molecule has 0 saturated heterocycles. The van der Waals surface area contributed by atoms with Gasteiger partial charge in [-0.05, 0) is 25.7 Å². The highest BCUT2D eigenvalue weighted by Gasteiger charge is 1.93. The van der Waals surface area contributed by atoms with Gasteiger partial charge in [0, 0.05) is 6.42 Å². The fourth-order valence-corrected chi connectivity index (χ4v) is 2.32. The molecule has 0 unspecified atom stereocenters. The third kappa shape index (κ3) is 17.2. The van der Waals surface area contributed by atoms with E-state index < -0.39 is 0 Å². The van der Waals surface area contributed by atoms with Crippen LogP contribution in [0.3, 0.4) is 0 Å². The van der Waals surface area contributed by atoms with Gasteiger partial charge in [0.25, 0.3) is 0 Å². The average molecular weight is 262 g/mol. The summed E-state index contributed by atoms with van der Waals surface area (Å²) in [5, 5.41) is 8.41. The number of unbranched alkanes of at least 4 members (excludes halogenated alkanes) is 14. The largest absolute Gasteiger partial charge is 0.198 e. The minimum atomic E-state index is 0.740. The van der Waals surface area contributed by atoms with Crippen molar-refractivity contribution >= 4 is 0 Å². The normalized spacial score (nSPS) is 10.3. The van der Waals surface area contributed by atoms with Gasteiger partial charge in [-0.25, -0.2) is 0 Å². The van der Waals surface area contributed by atoms with Crippen LogP contribution < -0.4 is 0 Å². The Morgan fingerprint density at radius 1 is 0.737 bits per heavy atom. The van der Waals surface area contributed by atoms with E-state index in [1.165, 1.54) is 70.6 Å². The molecule has 0 saturated carbocycles. The lowest BCUT2D eigenvalue weighted by atomic mass is 10.0. The van der Waals surface area contributed by atoms with Crippen LogP contribution in [0.1, 0.15) is 89.9 Å². The summed E-state index contributed by atoms with van der Waals surface area (Å²) in [7, 11) is 0. The summed E-state index contributed by atoms with van der Waals surface area (Å²) in [6.45, 7) is 3.72. The first-order valence-electron chi connectivity index (χ1n) is 8.21. The van der Waals surface area contributed by atoms with Crippen LogP contribution in [0.25, 0.3) is 0 Å². The quantitative estimate of drug-likeness (QED) is 0.249. The van der Waals surface area contributed by atoms with Crippen LogP contribution in [0.5, 0.6) is 0 Å². The van der Waals surface area contributed by atoms with E-state index in [-0.39, 0.29) is 0 Å². The molecule has 0 N–H and O–H groups in total. The molecule has 0 bridgehead atoms. The van der Waals surface area contributed by atoms with Crippen molar-refractivity contribution in [2.24, 2.45) is 0 Å². The molecule has 0 spiro atoms. The van der Waals surface area contributed by atoms with Crippen molar-refractivity contribution in [2.75, 3.05) is 0 Å². The van der Waals surface area contributed by atoms with Crippen molar-refractivity contribution in [1.29, 1.82) is 5.26 Å². The van der Waals surface area contributed by atoms with Gasteiger partial charge in [0.05, 0.1) is 6.07 Å². The number of nitrogens with zero attached hydrogens (tertiary/aromatic N) is 1. The molecule has 0 rings (SSSR count). The molecule has 1 heteroatoms. The fraction of sp³-hybridized carbons (Fsp3) is 0.778. The molecule has 0 aromatic heterocycles. The first kappa shape index (κ1) is 18.2. The van der Waals surface area contributed by atoms with E-state index >= 15 is 0 Å². The van der Waals surface area contributed by atoms with Crippen molar-refractivity contribution < 1.29 is 0 Å². The van der Waals surface area contributed by atoms with Crippen molar-refractivity contribution in [2.45, 2.75) is 89.9 Å². The summed E-state index contributed by atoms with van der Waals surface area (Å²) in [6, 6.07) is 2.21. The van der Waals surface area contributed by atoms with Crippen molar-refractivity contribution in [1.82, 2.24) is 0 Å². The van der Waals surface area contributed by atoms with Gasteiger partial charge in [0.15, 0.2) is 0 Å². The number of hydrogen-bond acceptors (Lipinski definition) is 1. The number of nitriles is 1. The monoisotopic (exact) mass is 262 g/mol. The molecular formula is C18H32N. The highest BCUT2D eigenvalue weighted by Crippen LogP contribution is 2.13. The van der Waals surface area contributed by atoms with Gasteiger partial charge in [-0.3, -0.25) is 0 Å². The molecule has 0 heterocycles. The highest BCUT2D eigenvalue weighted by atomic mass is 14.2. The summed E-state index contributed by atoms with van der Waals surface area (Å²) < 4.78 is 0. The molecule has 0 aliphatic heterocycles. The third-order valence-electron chi connectivity index (χ3n) is 3.53. The number of hydrogen-bond donors (Lipinski definition) is 0. The Bertz CT molecular complexity index is 214. The average Bonchev–Trinajstić information content (AvgIpc) is 2.43. The minimum Gasteiger partial charge on any atom is -0.198 e. The molecule has 0 aliphatic carbocycles. The van der Waals surface area contributed by atoms with E-state index in [2.05, 4.69) is 19.1 Å². The maximum absolute atomic E-state index is 8.41. The summed E-state index contributed by atoms with van der Waals surface area (Å²) in [5.74, 6) is 0. The van der Waals surface area contributed by atoms with Gasteiger partial charge in [-0.15, -0.1) is 6.58 Å². The topological polar surface area (TPSA) is 23.8 Å². The van der Waals surface area contributed by atoms with Gasteiger partial charge in [-0.1, -0.05) is 70.3 Å². The summed E-state index contributed by atoms with van der Waals surface area (Å²) in [5.41, 5.74) is 0. The summed E-state index contributed by atoms with van der Waals surface area (Å²) >= 11 is 0. The zero-order chi connectivity index (χ0) is 14.0. The molecule has 0 aromatic rings. The summed E-state index contributed by atoms with van der Waals surface area (Å²) in [4.78, 5) is 0. The van der Waals surface area contributed by atoms with Gasteiger partial charge < -0.3 is 0 Å². The minimum absolute atomic E-state index is 0.740. The zero-order valence-electron chi connectivity index (χ0n) is 12.7. The fourth-order valence-electron chi connectivity index (χ4n) is 2.32. The Morgan fingerprint density at radius 3 is 1.68 bits per heavy atom. The van der Waals surface area contributed by atoms with Crippen LogP contribution in [0.2, 0.25) is 0 Å². The zero-order valence-corrected chi connectivity index (χ0v) is 12.7. The second-order valence-corrected chi connectivity index (χ2v) is 5.40. The smallest absolute Gasteiger partial charge is 0.0621 e. The highest BCUT2D eigenvalue weighted by molar-refractivity contribution is 4.77. The molecule has 0 aromatic carbocycles. The van der Waals surface area contributed by atoms with Gasteiger partial charge in [0.2, 0.25) is 0 Å². The van der Waals surface area contributed by atoms with Crippen molar-refractivity contribution in [3.8, 4) is 6.07 Å². The maximum atomic E-state index is 8.41. The molecule has 0 amide bonds. The van der Waals surface area contributed by atoms with Gasteiger partial charge in [-0.2, -0.15) is 5.26 Å². The van der Waals surface area contributed by atoms with E-state index in [4.69, 9.17) is 5.26 Å². The van der Waals surface area contributed by atoms with E-state index in [0.29, 0.717) is 0 Å². The lowest BCUT2D eigenvalue weighted by Crippen LogP contribution is -1.83. The predicted octanol–water partition coefficient (Wildman–Crippen LogP) is 6.36. The van der Waals surface area contributed by atoms with E-state index in [1.54, 1.807) is 0 Å². The van der Waals surface area contributed by atoms with E-state index in [0.717, 1.165) is 19.3 Å². The second kappa shape index (κ2) is 17.2. The van der Waals surface area contributed by atoms with Gasteiger partial charge in [0.1, 0.15) is 0 Å². The first-order valence-corrected chi connectivity index (χ1v) is 8.21. The van der Waals surface area contributed by atoms with Crippen LogP contribution in [-0.4, -0.2) is 0 Å². The van der Waals surface area contributed by atoms with Crippen molar-refractivity contribution in [3.05, 3.63) is 19.1 Å². The lowest BCUT2D eigenvalue weighted by molar-refractivity contribution is 0.546. The van der Waals surface area contributed by atoms with Crippen LogP contribution in [0, 0.1) is 17.8 Å². The van der Waals surface area contributed by atoms with Crippen LogP contribution >= 0.6 is 0 Å². The molecule has 0 fully saturated rings. The predicted molar refractivity (Wildman–Crippen MR) is 84.7 cm³/mol. The van der Waals surface area contributed by atoms with E-state index in [9.17, 15) is 0 Å². The second-order valence-electron chi connectivity index (χ2n) is 5.40. The maximum Gasteiger partial charge on any atom is 0.0621 e. The molecule has 0 aliphatic rings. The molecule has 1 nitrogen and oxygen atoms in total. The Morgan fingerprint density at radius 2 is 1.21 bits per heavy atom. The SMILES string of the molecule is C=CC[CH]CCCCCCCCCCCCCC#N. The Balaban J connectivity index is 2.91. The third-order valence-corrected chi connectivity index (χ3v) is 3.53.